The number of anilines is 1. The second-order valence-corrected chi connectivity index (χ2v) is 5.12. The number of nitrogens with zero attached hydrogens (tertiary/aromatic N) is 1. The summed E-state index contributed by atoms with van der Waals surface area (Å²) in [5.41, 5.74) is 2.27. The zero-order chi connectivity index (χ0) is 10.1. The minimum absolute atomic E-state index is 0.129. The number of hydrogen-bond acceptors (Lipinski definition) is 3. The van der Waals surface area contributed by atoms with Gasteiger partial charge in [-0.3, -0.25) is 0 Å². The van der Waals surface area contributed by atoms with Crippen LogP contribution in [0, 0.1) is 0 Å². The van der Waals surface area contributed by atoms with E-state index in [0.29, 0.717) is 0 Å². The van der Waals surface area contributed by atoms with Crippen molar-refractivity contribution in [1.82, 2.24) is 0 Å². The molecule has 0 spiro atoms. The summed E-state index contributed by atoms with van der Waals surface area (Å²) < 4.78 is 22.3. The predicted molar refractivity (Wildman–Crippen MR) is 60.4 cm³/mol. The predicted octanol–water partition coefficient (Wildman–Crippen LogP) is 1.38. The Morgan fingerprint density at radius 2 is 2.21 bits per heavy atom. The second kappa shape index (κ2) is 3.90. The van der Waals surface area contributed by atoms with Gasteiger partial charge >= 0.3 is 0 Å². The van der Waals surface area contributed by atoms with Crippen LogP contribution < -0.4 is 4.90 Å². The molecule has 1 heterocycles. The highest BCUT2D eigenvalue weighted by atomic mass is 79.9. The van der Waals surface area contributed by atoms with Crippen molar-refractivity contribution in [1.29, 1.82) is 0 Å². The second-order valence-electron chi connectivity index (χ2n) is 3.26. The normalized spacial score (nSPS) is 14.9. The SMILES string of the molecule is O=[SH](=O)CN1CCc2cc(Br)ccc21. The Morgan fingerprint density at radius 1 is 1.43 bits per heavy atom. The van der Waals surface area contributed by atoms with Gasteiger partial charge in [0, 0.05) is 16.7 Å². The highest BCUT2D eigenvalue weighted by Gasteiger charge is 2.18. The molecular formula is C9H10BrNO2S. The average molecular weight is 276 g/mol. The molecule has 0 saturated carbocycles. The van der Waals surface area contributed by atoms with Crippen LogP contribution in [0.1, 0.15) is 5.56 Å². The fourth-order valence-electron chi connectivity index (χ4n) is 1.72. The standard InChI is InChI=1S/C9H10BrNO2S/c10-8-1-2-9-7(5-8)3-4-11(9)6-14(12)13/h1-2,5,14H,3-4,6H2. The van der Waals surface area contributed by atoms with Crippen molar-refractivity contribution >= 4 is 32.3 Å². The first kappa shape index (κ1) is 9.98. The third-order valence-electron chi connectivity index (χ3n) is 2.32. The lowest BCUT2D eigenvalue weighted by Crippen LogP contribution is -2.22. The van der Waals surface area contributed by atoms with E-state index in [9.17, 15) is 8.42 Å². The lowest BCUT2D eigenvalue weighted by Gasteiger charge is -2.15. The van der Waals surface area contributed by atoms with Gasteiger partial charge in [0.15, 0.2) is 10.7 Å². The monoisotopic (exact) mass is 275 g/mol. The summed E-state index contributed by atoms with van der Waals surface area (Å²) >= 11 is 3.40. The van der Waals surface area contributed by atoms with E-state index in [1.165, 1.54) is 5.56 Å². The molecule has 1 aromatic carbocycles. The molecule has 5 heteroatoms. The number of benzene rings is 1. The fourth-order valence-corrected chi connectivity index (χ4v) is 2.71. The van der Waals surface area contributed by atoms with E-state index in [2.05, 4.69) is 15.9 Å². The molecule has 0 fully saturated rings. The van der Waals surface area contributed by atoms with Gasteiger partial charge in [-0.25, -0.2) is 8.42 Å². The van der Waals surface area contributed by atoms with Gasteiger partial charge in [0.25, 0.3) is 0 Å². The summed E-state index contributed by atoms with van der Waals surface area (Å²) in [7, 11) is -2.33. The minimum atomic E-state index is -2.33. The summed E-state index contributed by atoms with van der Waals surface area (Å²) in [6.07, 6.45) is 0.929. The van der Waals surface area contributed by atoms with Crippen LogP contribution in [0.5, 0.6) is 0 Å². The van der Waals surface area contributed by atoms with Crippen molar-refractivity contribution in [3.8, 4) is 0 Å². The molecule has 14 heavy (non-hydrogen) atoms. The molecule has 2 rings (SSSR count). The molecule has 0 amide bonds. The first-order valence-corrected chi connectivity index (χ1v) is 6.47. The Morgan fingerprint density at radius 3 is 2.93 bits per heavy atom. The van der Waals surface area contributed by atoms with Gasteiger partial charge in [0.05, 0.1) is 0 Å². The average Bonchev–Trinajstić information content (AvgIpc) is 2.47. The van der Waals surface area contributed by atoms with E-state index < -0.39 is 10.7 Å². The molecule has 1 aromatic rings. The topological polar surface area (TPSA) is 37.4 Å². The van der Waals surface area contributed by atoms with Crippen molar-refractivity contribution in [2.75, 3.05) is 17.3 Å². The first-order chi connectivity index (χ1) is 6.66. The Kier molecular flexibility index (Phi) is 2.78. The van der Waals surface area contributed by atoms with Crippen molar-refractivity contribution < 1.29 is 8.42 Å². The van der Waals surface area contributed by atoms with Gasteiger partial charge in [-0.2, -0.15) is 0 Å². The number of hydrogen-bond donors (Lipinski definition) is 1. The third-order valence-corrected chi connectivity index (χ3v) is 3.39. The van der Waals surface area contributed by atoms with Gasteiger partial charge in [0.2, 0.25) is 0 Å². The van der Waals surface area contributed by atoms with Crippen LogP contribution in [-0.4, -0.2) is 20.8 Å². The molecule has 1 aliphatic heterocycles. The third kappa shape index (κ3) is 1.93. The Bertz CT molecular complexity index is 423. The van der Waals surface area contributed by atoms with E-state index in [4.69, 9.17) is 0 Å². The smallest absolute Gasteiger partial charge is 0.158 e. The van der Waals surface area contributed by atoms with Crippen molar-refractivity contribution in [3.05, 3.63) is 28.2 Å². The maximum Gasteiger partial charge on any atom is 0.158 e. The highest BCUT2D eigenvalue weighted by molar-refractivity contribution is 9.10. The molecule has 1 aliphatic rings. The van der Waals surface area contributed by atoms with Crippen LogP contribution in [0.2, 0.25) is 0 Å². The van der Waals surface area contributed by atoms with Crippen LogP contribution in [0.25, 0.3) is 0 Å². The molecule has 0 N–H and O–H groups in total. The molecule has 0 unspecified atom stereocenters. The lowest BCUT2D eigenvalue weighted by molar-refractivity contribution is 0.612. The molecule has 0 radical (unpaired) electrons. The molecule has 0 saturated heterocycles. The van der Waals surface area contributed by atoms with Crippen LogP contribution in [0.4, 0.5) is 5.69 Å². The lowest BCUT2D eigenvalue weighted by atomic mass is 10.2. The first-order valence-electron chi connectivity index (χ1n) is 4.32. The van der Waals surface area contributed by atoms with Gasteiger partial charge in [-0.1, -0.05) is 15.9 Å². The Labute approximate surface area is 92.8 Å². The zero-order valence-electron chi connectivity index (χ0n) is 7.44. The molecule has 0 aromatic heterocycles. The maximum absolute atomic E-state index is 10.6. The van der Waals surface area contributed by atoms with Crippen molar-refractivity contribution in [2.45, 2.75) is 6.42 Å². The number of halogens is 1. The number of thiol groups is 1. The molecule has 0 bridgehead atoms. The number of rotatable bonds is 2. The zero-order valence-corrected chi connectivity index (χ0v) is 9.92. The van der Waals surface area contributed by atoms with Crippen LogP contribution in [0.3, 0.4) is 0 Å². The van der Waals surface area contributed by atoms with Crippen LogP contribution >= 0.6 is 15.9 Å². The largest absolute Gasteiger partial charge is 0.357 e. The summed E-state index contributed by atoms with van der Waals surface area (Å²) in [6.45, 7) is 0.801. The van der Waals surface area contributed by atoms with Crippen molar-refractivity contribution in [3.63, 3.8) is 0 Å². The summed E-state index contributed by atoms with van der Waals surface area (Å²) in [5, 5.41) is 0. The molecule has 0 atom stereocenters. The van der Waals surface area contributed by atoms with E-state index in [0.717, 1.165) is 23.1 Å². The molecule has 3 nitrogen and oxygen atoms in total. The summed E-state index contributed by atoms with van der Waals surface area (Å²) in [5.74, 6) is 0.129. The van der Waals surface area contributed by atoms with Crippen LogP contribution in [0.15, 0.2) is 22.7 Å². The minimum Gasteiger partial charge on any atom is -0.357 e. The molecule has 76 valence electrons. The van der Waals surface area contributed by atoms with E-state index in [1.54, 1.807) is 0 Å². The van der Waals surface area contributed by atoms with Gasteiger partial charge in [-0.15, -0.1) is 0 Å². The molecule has 0 aliphatic carbocycles. The summed E-state index contributed by atoms with van der Waals surface area (Å²) in [4.78, 5) is 1.90. The van der Waals surface area contributed by atoms with Gasteiger partial charge in [-0.05, 0) is 30.2 Å². The quantitative estimate of drug-likeness (QED) is 0.829. The fraction of sp³-hybridized carbons (Fsp3) is 0.333. The summed E-state index contributed by atoms with van der Waals surface area (Å²) in [6, 6.07) is 5.95. The van der Waals surface area contributed by atoms with E-state index in [-0.39, 0.29) is 5.88 Å². The van der Waals surface area contributed by atoms with Gasteiger partial charge in [0.1, 0.15) is 5.88 Å². The molecular weight excluding hydrogens is 266 g/mol. The van der Waals surface area contributed by atoms with E-state index >= 15 is 0 Å². The number of fused-ring (bicyclic) bond motifs is 1. The van der Waals surface area contributed by atoms with Crippen molar-refractivity contribution in [2.24, 2.45) is 0 Å². The Hall–Kier alpha value is -0.550. The van der Waals surface area contributed by atoms with Gasteiger partial charge < -0.3 is 4.90 Å². The maximum atomic E-state index is 10.6. The van der Waals surface area contributed by atoms with Crippen LogP contribution in [-0.2, 0) is 17.1 Å². The Balaban J connectivity index is 2.30. The van der Waals surface area contributed by atoms with E-state index in [1.807, 2.05) is 23.1 Å². The highest BCUT2D eigenvalue weighted by Crippen LogP contribution is 2.29.